The van der Waals surface area contributed by atoms with E-state index in [0.29, 0.717) is 6.04 Å². The molecule has 0 bridgehead atoms. The maximum Gasteiger partial charge on any atom is 0.147 e. The summed E-state index contributed by atoms with van der Waals surface area (Å²) in [5, 5.41) is 0. The Kier molecular flexibility index (Phi) is 4.51. The van der Waals surface area contributed by atoms with Gasteiger partial charge in [0.05, 0.1) is 11.9 Å². The molecule has 4 nitrogen and oxygen atoms in total. The Morgan fingerprint density at radius 3 is 2.55 bits per heavy atom. The SMILES string of the molecule is Cc1cncc(N2CCCC(N3CCCCCC3)C2)n1. The zero-order valence-corrected chi connectivity index (χ0v) is 12.6. The van der Waals surface area contributed by atoms with Gasteiger partial charge in [-0.2, -0.15) is 0 Å². The van der Waals surface area contributed by atoms with E-state index >= 15 is 0 Å². The number of anilines is 1. The van der Waals surface area contributed by atoms with Crippen molar-refractivity contribution in [2.75, 3.05) is 31.1 Å². The number of hydrogen-bond acceptors (Lipinski definition) is 4. The van der Waals surface area contributed by atoms with Gasteiger partial charge in [-0.05, 0) is 45.7 Å². The van der Waals surface area contributed by atoms with Crippen molar-refractivity contribution >= 4 is 5.82 Å². The average Bonchev–Trinajstić information content (AvgIpc) is 2.76. The highest BCUT2D eigenvalue weighted by Crippen LogP contribution is 2.22. The van der Waals surface area contributed by atoms with Gasteiger partial charge in [-0.3, -0.25) is 9.88 Å². The van der Waals surface area contributed by atoms with Gasteiger partial charge in [-0.1, -0.05) is 12.8 Å². The van der Waals surface area contributed by atoms with E-state index in [4.69, 9.17) is 0 Å². The van der Waals surface area contributed by atoms with Gasteiger partial charge in [0, 0.05) is 25.3 Å². The summed E-state index contributed by atoms with van der Waals surface area (Å²) in [5.41, 5.74) is 1.01. The van der Waals surface area contributed by atoms with Crippen molar-refractivity contribution in [1.82, 2.24) is 14.9 Å². The highest BCUT2D eigenvalue weighted by atomic mass is 15.3. The summed E-state index contributed by atoms with van der Waals surface area (Å²) in [6, 6.07) is 0.712. The molecule has 3 heterocycles. The minimum atomic E-state index is 0.712. The fraction of sp³-hybridized carbons (Fsp3) is 0.750. The second-order valence-corrected chi connectivity index (χ2v) is 6.21. The molecular formula is C16H26N4. The lowest BCUT2D eigenvalue weighted by molar-refractivity contribution is 0.182. The van der Waals surface area contributed by atoms with Gasteiger partial charge < -0.3 is 4.90 Å². The number of hydrogen-bond donors (Lipinski definition) is 0. The Morgan fingerprint density at radius 2 is 1.80 bits per heavy atom. The van der Waals surface area contributed by atoms with E-state index in [9.17, 15) is 0 Å². The third kappa shape index (κ3) is 3.29. The predicted molar refractivity (Wildman–Crippen MR) is 82.0 cm³/mol. The molecule has 2 aliphatic rings. The fourth-order valence-corrected chi connectivity index (χ4v) is 3.52. The first kappa shape index (κ1) is 13.8. The van der Waals surface area contributed by atoms with Crippen molar-refractivity contribution in [1.29, 1.82) is 0 Å². The Hall–Kier alpha value is -1.16. The zero-order chi connectivity index (χ0) is 13.8. The van der Waals surface area contributed by atoms with Crippen molar-refractivity contribution in [3.63, 3.8) is 0 Å². The van der Waals surface area contributed by atoms with Gasteiger partial charge in [-0.15, -0.1) is 0 Å². The van der Waals surface area contributed by atoms with Gasteiger partial charge in [0.15, 0.2) is 0 Å². The number of rotatable bonds is 2. The van der Waals surface area contributed by atoms with E-state index in [0.717, 1.165) is 24.6 Å². The van der Waals surface area contributed by atoms with E-state index in [1.54, 1.807) is 0 Å². The Bertz CT molecular complexity index is 426. The third-order valence-corrected chi connectivity index (χ3v) is 4.62. The Balaban J connectivity index is 1.66. The van der Waals surface area contributed by atoms with Crippen LogP contribution in [0.15, 0.2) is 12.4 Å². The minimum absolute atomic E-state index is 0.712. The molecule has 2 fully saturated rings. The molecule has 4 heteroatoms. The second kappa shape index (κ2) is 6.53. The van der Waals surface area contributed by atoms with Crippen LogP contribution in [-0.4, -0.2) is 47.1 Å². The van der Waals surface area contributed by atoms with E-state index in [1.165, 1.54) is 51.6 Å². The lowest BCUT2D eigenvalue weighted by Crippen LogP contribution is -2.48. The molecule has 20 heavy (non-hydrogen) atoms. The Morgan fingerprint density at radius 1 is 1.00 bits per heavy atom. The van der Waals surface area contributed by atoms with Crippen LogP contribution < -0.4 is 4.90 Å². The Labute approximate surface area is 122 Å². The summed E-state index contributed by atoms with van der Waals surface area (Å²) >= 11 is 0. The van der Waals surface area contributed by atoms with Crippen LogP contribution in [0.3, 0.4) is 0 Å². The molecule has 0 N–H and O–H groups in total. The molecule has 0 aliphatic carbocycles. The lowest BCUT2D eigenvalue weighted by atomic mass is 10.0. The van der Waals surface area contributed by atoms with Crippen LogP contribution in [0, 0.1) is 6.92 Å². The van der Waals surface area contributed by atoms with Crippen molar-refractivity contribution in [3.8, 4) is 0 Å². The van der Waals surface area contributed by atoms with Crippen LogP contribution >= 0.6 is 0 Å². The monoisotopic (exact) mass is 274 g/mol. The van der Waals surface area contributed by atoms with Gasteiger partial charge in [0.1, 0.15) is 5.82 Å². The number of aryl methyl sites for hydroxylation is 1. The fourth-order valence-electron chi connectivity index (χ4n) is 3.52. The number of nitrogens with zero attached hydrogens (tertiary/aromatic N) is 4. The van der Waals surface area contributed by atoms with E-state index in [2.05, 4.69) is 19.8 Å². The molecular weight excluding hydrogens is 248 g/mol. The van der Waals surface area contributed by atoms with Crippen LogP contribution in [0.25, 0.3) is 0 Å². The first-order valence-electron chi connectivity index (χ1n) is 8.10. The highest BCUT2D eigenvalue weighted by Gasteiger charge is 2.26. The van der Waals surface area contributed by atoms with Crippen molar-refractivity contribution in [3.05, 3.63) is 18.1 Å². The van der Waals surface area contributed by atoms with E-state index < -0.39 is 0 Å². The first-order chi connectivity index (χ1) is 9.83. The van der Waals surface area contributed by atoms with E-state index in [-0.39, 0.29) is 0 Å². The van der Waals surface area contributed by atoms with Crippen molar-refractivity contribution < 1.29 is 0 Å². The molecule has 1 atom stereocenters. The number of likely N-dealkylation sites (tertiary alicyclic amines) is 1. The van der Waals surface area contributed by atoms with Crippen molar-refractivity contribution in [2.45, 2.75) is 51.5 Å². The molecule has 0 radical (unpaired) electrons. The van der Waals surface area contributed by atoms with Crippen molar-refractivity contribution in [2.24, 2.45) is 0 Å². The lowest BCUT2D eigenvalue weighted by Gasteiger charge is -2.39. The first-order valence-corrected chi connectivity index (χ1v) is 8.10. The van der Waals surface area contributed by atoms with Gasteiger partial charge in [0.2, 0.25) is 0 Å². The summed E-state index contributed by atoms with van der Waals surface area (Å²) < 4.78 is 0. The van der Waals surface area contributed by atoms with Crippen LogP contribution in [-0.2, 0) is 0 Å². The van der Waals surface area contributed by atoms with Crippen LogP contribution in [0.5, 0.6) is 0 Å². The topological polar surface area (TPSA) is 32.3 Å². The summed E-state index contributed by atoms with van der Waals surface area (Å²) in [4.78, 5) is 14.1. The number of piperidine rings is 1. The standard InChI is InChI=1S/C16H26N4/c1-14-11-17-12-16(18-14)20-10-6-7-15(13-20)19-8-4-2-3-5-9-19/h11-12,15H,2-10,13H2,1H3. The molecule has 1 aromatic heterocycles. The average molecular weight is 274 g/mol. The minimum Gasteiger partial charge on any atom is -0.354 e. The molecule has 0 amide bonds. The normalized spacial score (nSPS) is 25.4. The van der Waals surface area contributed by atoms with Gasteiger partial charge in [-0.25, -0.2) is 4.98 Å². The van der Waals surface area contributed by atoms with E-state index in [1.807, 2.05) is 19.3 Å². The number of aromatic nitrogens is 2. The summed E-state index contributed by atoms with van der Waals surface area (Å²) in [5.74, 6) is 1.06. The molecule has 2 aliphatic heterocycles. The second-order valence-electron chi connectivity index (χ2n) is 6.21. The largest absolute Gasteiger partial charge is 0.354 e. The molecule has 1 aromatic rings. The highest BCUT2D eigenvalue weighted by molar-refractivity contribution is 5.37. The third-order valence-electron chi connectivity index (χ3n) is 4.62. The maximum absolute atomic E-state index is 4.64. The summed E-state index contributed by atoms with van der Waals surface area (Å²) in [6.45, 7) is 6.85. The summed E-state index contributed by atoms with van der Waals surface area (Å²) in [6.07, 6.45) is 11.9. The molecule has 0 spiro atoms. The maximum atomic E-state index is 4.64. The molecule has 2 saturated heterocycles. The van der Waals surface area contributed by atoms with Crippen LogP contribution in [0.1, 0.15) is 44.2 Å². The van der Waals surface area contributed by atoms with Crippen LogP contribution in [0.2, 0.25) is 0 Å². The quantitative estimate of drug-likeness (QED) is 0.830. The van der Waals surface area contributed by atoms with Crippen LogP contribution in [0.4, 0.5) is 5.82 Å². The molecule has 0 saturated carbocycles. The van der Waals surface area contributed by atoms with Gasteiger partial charge >= 0.3 is 0 Å². The summed E-state index contributed by atoms with van der Waals surface area (Å²) in [7, 11) is 0. The zero-order valence-electron chi connectivity index (χ0n) is 12.6. The van der Waals surface area contributed by atoms with Gasteiger partial charge in [0.25, 0.3) is 0 Å². The molecule has 3 rings (SSSR count). The molecule has 1 unspecified atom stereocenters. The molecule has 110 valence electrons. The predicted octanol–water partition coefficient (Wildman–Crippen LogP) is 2.63. The smallest absolute Gasteiger partial charge is 0.147 e. The molecule has 0 aromatic carbocycles.